The Bertz CT molecular complexity index is 437. The Kier molecular flexibility index (Phi) is 7.58. The molecule has 2 atom stereocenters. The molecule has 0 radical (unpaired) electrons. The van der Waals surface area contributed by atoms with Crippen LogP contribution < -0.4 is 0 Å². The van der Waals surface area contributed by atoms with Crippen molar-refractivity contribution in [1.29, 1.82) is 0 Å². The molecule has 0 aliphatic heterocycles. The van der Waals surface area contributed by atoms with Crippen LogP contribution in [0.5, 0.6) is 0 Å². The van der Waals surface area contributed by atoms with E-state index in [1.54, 1.807) is 0 Å². The van der Waals surface area contributed by atoms with Crippen LogP contribution in [0.2, 0.25) is 0 Å². The van der Waals surface area contributed by atoms with E-state index < -0.39 is 6.29 Å². The molecule has 1 unspecified atom stereocenters. The third kappa shape index (κ3) is 6.93. The van der Waals surface area contributed by atoms with Gasteiger partial charge in [-0.25, -0.2) is 0 Å². The first-order valence-corrected chi connectivity index (χ1v) is 8.53. The van der Waals surface area contributed by atoms with Crippen LogP contribution in [0.4, 0.5) is 0 Å². The van der Waals surface area contributed by atoms with Crippen molar-refractivity contribution in [3.05, 3.63) is 34.9 Å². The van der Waals surface area contributed by atoms with Gasteiger partial charge in [0.05, 0.1) is 5.60 Å². The molecule has 0 spiro atoms. The van der Waals surface area contributed by atoms with Gasteiger partial charge in [-0.15, -0.1) is 0 Å². The van der Waals surface area contributed by atoms with Crippen molar-refractivity contribution in [3.63, 3.8) is 0 Å². The number of rotatable bonds is 7. The summed E-state index contributed by atoms with van der Waals surface area (Å²) in [6, 6.07) is 0. The Hall–Kier alpha value is -0.860. The van der Waals surface area contributed by atoms with E-state index in [2.05, 4.69) is 53.7 Å². The first kappa shape index (κ1) is 19.2. The van der Waals surface area contributed by atoms with E-state index in [9.17, 15) is 5.11 Å². The van der Waals surface area contributed by atoms with Crippen LogP contribution in [0.3, 0.4) is 0 Å². The summed E-state index contributed by atoms with van der Waals surface area (Å²) in [5.74, 6) is 0.477. The number of hydrogen-bond donors (Lipinski definition) is 1. The summed E-state index contributed by atoms with van der Waals surface area (Å²) in [5.41, 5.74) is 3.70. The summed E-state index contributed by atoms with van der Waals surface area (Å²) < 4.78 is 5.95. The molecule has 126 valence electrons. The van der Waals surface area contributed by atoms with Gasteiger partial charge in [-0.1, -0.05) is 28.9 Å². The Morgan fingerprint density at radius 1 is 1.41 bits per heavy atom. The molecular weight excluding hydrogens is 272 g/mol. The molecule has 0 heterocycles. The summed E-state index contributed by atoms with van der Waals surface area (Å²) in [6.45, 7) is 12.7. The van der Waals surface area contributed by atoms with Crippen LogP contribution >= 0.6 is 0 Å². The molecule has 2 heteroatoms. The smallest absolute Gasteiger partial charge is 0.175 e. The zero-order valence-electron chi connectivity index (χ0n) is 15.3. The Morgan fingerprint density at radius 3 is 2.64 bits per heavy atom. The van der Waals surface area contributed by atoms with E-state index in [0.29, 0.717) is 5.92 Å². The van der Waals surface area contributed by atoms with Crippen molar-refractivity contribution in [3.8, 4) is 0 Å². The van der Waals surface area contributed by atoms with Gasteiger partial charge in [0.15, 0.2) is 6.29 Å². The highest BCUT2D eigenvalue weighted by Gasteiger charge is 2.32. The zero-order valence-corrected chi connectivity index (χ0v) is 15.3. The molecule has 1 N–H and O–H groups in total. The maximum atomic E-state index is 10.2. The first-order chi connectivity index (χ1) is 10.2. The van der Waals surface area contributed by atoms with Crippen LogP contribution in [-0.4, -0.2) is 17.0 Å². The molecule has 0 aromatic heterocycles. The van der Waals surface area contributed by atoms with E-state index in [1.165, 1.54) is 16.7 Å². The molecule has 22 heavy (non-hydrogen) atoms. The van der Waals surface area contributed by atoms with Crippen LogP contribution in [0.15, 0.2) is 34.9 Å². The second kappa shape index (κ2) is 8.69. The minimum Gasteiger partial charge on any atom is -0.365 e. The van der Waals surface area contributed by atoms with Gasteiger partial charge < -0.3 is 9.84 Å². The topological polar surface area (TPSA) is 29.5 Å². The van der Waals surface area contributed by atoms with Crippen LogP contribution in [0.1, 0.15) is 73.6 Å². The fourth-order valence-corrected chi connectivity index (χ4v) is 2.95. The van der Waals surface area contributed by atoms with Gasteiger partial charge in [0.1, 0.15) is 0 Å². The van der Waals surface area contributed by atoms with Gasteiger partial charge in [-0.05, 0) is 85.6 Å². The molecule has 0 saturated heterocycles. The molecule has 0 fully saturated rings. The normalized spacial score (nSPS) is 21.3. The summed E-state index contributed by atoms with van der Waals surface area (Å²) in [4.78, 5) is 0. The van der Waals surface area contributed by atoms with Crippen molar-refractivity contribution < 1.29 is 9.84 Å². The minimum absolute atomic E-state index is 0.298. The van der Waals surface area contributed by atoms with E-state index in [-0.39, 0.29) is 5.60 Å². The lowest BCUT2D eigenvalue weighted by molar-refractivity contribution is -0.169. The molecule has 1 aliphatic rings. The lowest BCUT2D eigenvalue weighted by Gasteiger charge is -2.37. The molecule has 0 saturated carbocycles. The first-order valence-electron chi connectivity index (χ1n) is 8.53. The molecule has 1 aliphatic carbocycles. The monoisotopic (exact) mass is 306 g/mol. The number of aliphatic hydroxyl groups is 1. The largest absolute Gasteiger partial charge is 0.365 e. The summed E-state index contributed by atoms with van der Waals surface area (Å²) in [7, 11) is 0. The van der Waals surface area contributed by atoms with Crippen molar-refractivity contribution in [2.45, 2.75) is 85.5 Å². The molecule has 1 rings (SSSR count). The number of allylic oxidation sites excluding steroid dienone is 5. The average Bonchev–Trinajstić information content (AvgIpc) is 2.37. The van der Waals surface area contributed by atoms with Gasteiger partial charge in [-0.3, -0.25) is 0 Å². The zero-order chi connectivity index (χ0) is 16.8. The Morgan fingerprint density at radius 2 is 2.09 bits per heavy atom. The number of aliphatic hydroxyl groups excluding tert-OH is 1. The van der Waals surface area contributed by atoms with Crippen molar-refractivity contribution in [1.82, 2.24) is 0 Å². The number of hydrogen-bond acceptors (Lipinski definition) is 2. The maximum Gasteiger partial charge on any atom is 0.175 e. The second-order valence-corrected chi connectivity index (χ2v) is 7.47. The summed E-state index contributed by atoms with van der Waals surface area (Å²) in [5, 5.41) is 10.2. The second-order valence-electron chi connectivity index (χ2n) is 7.47. The Balaban J connectivity index is 2.51. The third-order valence-electron chi connectivity index (χ3n) is 4.56. The van der Waals surface area contributed by atoms with Crippen molar-refractivity contribution in [2.24, 2.45) is 5.92 Å². The summed E-state index contributed by atoms with van der Waals surface area (Å²) in [6.07, 6.45) is 10.9. The molecular formula is C20H34O2. The number of ether oxygens (including phenoxy) is 1. The predicted molar refractivity (Wildman–Crippen MR) is 94.7 cm³/mol. The highest BCUT2D eigenvalue weighted by Crippen LogP contribution is 2.34. The quantitative estimate of drug-likeness (QED) is 0.494. The van der Waals surface area contributed by atoms with E-state index in [4.69, 9.17) is 4.74 Å². The van der Waals surface area contributed by atoms with Crippen LogP contribution in [0.25, 0.3) is 0 Å². The average molecular weight is 306 g/mol. The maximum absolute atomic E-state index is 10.2. The molecule has 2 nitrogen and oxygen atoms in total. The van der Waals surface area contributed by atoms with E-state index in [1.807, 2.05) is 6.08 Å². The highest BCUT2D eigenvalue weighted by atomic mass is 16.6. The molecule has 0 aromatic carbocycles. The van der Waals surface area contributed by atoms with Crippen molar-refractivity contribution >= 4 is 0 Å². The molecule has 0 aromatic rings. The fraction of sp³-hybridized carbons (Fsp3) is 0.700. The lowest BCUT2D eigenvalue weighted by atomic mass is 9.79. The van der Waals surface area contributed by atoms with Gasteiger partial charge in [0.2, 0.25) is 0 Å². The minimum atomic E-state index is -0.811. The summed E-state index contributed by atoms with van der Waals surface area (Å²) >= 11 is 0. The third-order valence-corrected chi connectivity index (χ3v) is 4.56. The van der Waals surface area contributed by atoms with Crippen LogP contribution in [-0.2, 0) is 4.74 Å². The van der Waals surface area contributed by atoms with E-state index >= 15 is 0 Å². The van der Waals surface area contributed by atoms with Gasteiger partial charge in [0.25, 0.3) is 0 Å². The fourth-order valence-electron chi connectivity index (χ4n) is 2.95. The standard InChI is InChI=1S/C20H34O2/c1-15(2)8-7-9-17(4)14-19(21)22-20(5,6)18-12-10-16(3)11-13-18/h8,10,14,18-19,21H,7,9,11-13H2,1-6H3/b17-14+/t18-,19?/m1/s1. The Labute approximate surface area is 137 Å². The van der Waals surface area contributed by atoms with Gasteiger partial charge in [-0.2, -0.15) is 0 Å². The van der Waals surface area contributed by atoms with Crippen molar-refractivity contribution in [2.75, 3.05) is 0 Å². The van der Waals surface area contributed by atoms with Crippen LogP contribution in [0, 0.1) is 5.92 Å². The van der Waals surface area contributed by atoms with Gasteiger partial charge >= 0.3 is 0 Å². The molecule has 0 bridgehead atoms. The van der Waals surface area contributed by atoms with Gasteiger partial charge in [0, 0.05) is 0 Å². The SMILES string of the molecule is CC(C)=CCC/C(C)=C/C(O)OC(C)(C)[C@@H]1CC=C(C)CC1. The molecule has 0 amide bonds. The predicted octanol–water partition coefficient (Wildman–Crippen LogP) is 5.54. The van der Waals surface area contributed by atoms with E-state index in [0.717, 1.165) is 32.1 Å². The lowest BCUT2D eigenvalue weighted by Crippen LogP contribution is -2.38. The highest BCUT2D eigenvalue weighted by molar-refractivity contribution is 5.06.